The van der Waals surface area contributed by atoms with Crippen LogP contribution in [0.25, 0.3) is 22.0 Å². The monoisotopic (exact) mass is 427 g/mol. The highest BCUT2D eigenvalue weighted by Gasteiger charge is 2.19. The second-order valence-corrected chi connectivity index (χ2v) is 8.17. The third kappa shape index (κ3) is 4.30. The van der Waals surface area contributed by atoms with E-state index in [2.05, 4.69) is 58.3 Å². The number of fused-ring (bicyclic) bond motifs is 1. The van der Waals surface area contributed by atoms with Crippen molar-refractivity contribution in [2.24, 2.45) is 0 Å². The lowest BCUT2D eigenvalue weighted by molar-refractivity contribution is 0.250. The molecule has 4 aromatic rings. The molecule has 32 heavy (non-hydrogen) atoms. The average molecular weight is 428 g/mol. The molecule has 162 valence electrons. The van der Waals surface area contributed by atoms with Crippen molar-refractivity contribution in [2.75, 3.05) is 38.2 Å². The van der Waals surface area contributed by atoms with Gasteiger partial charge in [0.05, 0.1) is 18.3 Å². The fourth-order valence-corrected chi connectivity index (χ4v) is 4.33. The number of aromatic nitrogens is 1. The van der Waals surface area contributed by atoms with Gasteiger partial charge in [-0.05, 0) is 41.0 Å². The molecular formula is C27H26FN3O. The minimum Gasteiger partial charge on any atom is -0.481 e. The smallest absolute Gasteiger partial charge is 0.213 e. The third-order valence-corrected chi connectivity index (χ3v) is 6.13. The Morgan fingerprint density at radius 2 is 1.50 bits per heavy atom. The Morgan fingerprint density at radius 1 is 0.812 bits per heavy atom. The fourth-order valence-electron chi connectivity index (χ4n) is 4.33. The fraction of sp³-hybridized carbons (Fsp3) is 0.222. The zero-order valence-electron chi connectivity index (χ0n) is 18.2. The van der Waals surface area contributed by atoms with Gasteiger partial charge in [0.25, 0.3) is 0 Å². The molecule has 1 aliphatic rings. The molecule has 0 atom stereocenters. The van der Waals surface area contributed by atoms with Gasteiger partial charge in [-0.2, -0.15) is 0 Å². The molecule has 0 spiro atoms. The highest BCUT2D eigenvalue weighted by Crippen LogP contribution is 2.28. The first kappa shape index (κ1) is 20.5. The van der Waals surface area contributed by atoms with Crippen LogP contribution >= 0.6 is 0 Å². The quantitative estimate of drug-likeness (QED) is 0.428. The largest absolute Gasteiger partial charge is 0.481 e. The first-order valence-corrected chi connectivity index (χ1v) is 11.0. The predicted molar refractivity (Wildman–Crippen MR) is 128 cm³/mol. The molecule has 5 rings (SSSR count). The Hall–Kier alpha value is -3.44. The van der Waals surface area contributed by atoms with Crippen LogP contribution in [0.4, 0.5) is 10.1 Å². The third-order valence-electron chi connectivity index (χ3n) is 6.13. The molecule has 0 bridgehead atoms. The SMILES string of the molecule is COc1ccc2cccc(N3CCN(Cc4ccc(-c5ccc(F)cc5)cc4)CC3)c2n1. The van der Waals surface area contributed by atoms with Crippen LogP contribution in [0, 0.1) is 5.82 Å². The number of rotatable bonds is 5. The lowest BCUT2D eigenvalue weighted by atomic mass is 10.0. The number of halogens is 1. The van der Waals surface area contributed by atoms with Gasteiger partial charge in [-0.15, -0.1) is 0 Å². The van der Waals surface area contributed by atoms with E-state index < -0.39 is 0 Å². The Labute approximate surface area is 187 Å². The van der Waals surface area contributed by atoms with Gasteiger partial charge in [0, 0.05) is 44.2 Å². The number of anilines is 1. The Balaban J connectivity index is 1.24. The van der Waals surface area contributed by atoms with Gasteiger partial charge >= 0.3 is 0 Å². The van der Waals surface area contributed by atoms with Gasteiger partial charge in [0.2, 0.25) is 5.88 Å². The van der Waals surface area contributed by atoms with E-state index in [9.17, 15) is 4.39 Å². The highest BCUT2D eigenvalue weighted by molar-refractivity contribution is 5.91. The van der Waals surface area contributed by atoms with Gasteiger partial charge in [0.1, 0.15) is 5.82 Å². The molecule has 0 saturated carbocycles. The van der Waals surface area contributed by atoms with Crippen LogP contribution in [0.2, 0.25) is 0 Å². The molecule has 5 heteroatoms. The van der Waals surface area contributed by atoms with Crippen LogP contribution in [0.3, 0.4) is 0 Å². The number of ether oxygens (including phenoxy) is 1. The Bertz CT molecular complexity index is 1200. The van der Waals surface area contributed by atoms with E-state index in [4.69, 9.17) is 9.72 Å². The maximum Gasteiger partial charge on any atom is 0.213 e. The van der Waals surface area contributed by atoms with Crippen LogP contribution in [-0.4, -0.2) is 43.2 Å². The Kier molecular flexibility index (Phi) is 5.73. The van der Waals surface area contributed by atoms with Crippen molar-refractivity contribution in [1.82, 2.24) is 9.88 Å². The van der Waals surface area contributed by atoms with Crippen LogP contribution < -0.4 is 9.64 Å². The normalized spacial score (nSPS) is 14.6. The van der Waals surface area contributed by atoms with E-state index in [0.717, 1.165) is 54.8 Å². The topological polar surface area (TPSA) is 28.6 Å². The van der Waals surface area contributed by atoms with Crippen molar-refractivity contribution >= 4 is 16.6 Å². The zero-order valence-corrected chi connectivity index (χ0v) is 18.2. The summed E-state index contributed by atoms with van der Waals surface area (Å²) in [6.45, 7) is 4.86. The molecule has 0 radical (unpaired) electrons. The second kappa shape index (κ2) is 8.97. The average Bonchev–Trinajstić information content (AvgIpc) is 2.85. The molecule has 2 heterocycles. The molecule has 0 N–H and O–H groups in total. The number of nitrogens with zero attached hydrogens (tertiary/aromatic N) is 3. The minimum atomic E-state index is -0.206. The number of hydrogen-bond acceptors (Lipinski definition) is 4. The van der Waals surface area contributed by atoms with Crippen molar-refractivity contribution < 1.29 is 9.13 Å². The zero-order chi connectivity index (χ0) is 21.9. The summed E-state index contributed by atoms with van der Waals surface area (Å²) >= 11 is 0. The number of benzene rings is 3. The van der Waals surface area contributed by atoms with Crippen molar-refractivity contribution in [3.8, 4) is 17.0 Å². The predicted octanol–water partition coefficient (Wildman–Crippen LogP) is 5.37. The molecular weight excluding hydrogens is 401 g/mol. The Morgan fingerprint density at radius 3 is 2.19 bits per heavy atom. The van der Waals surface area contributed by atoms with E-state index in [1.54, 1.807) is 7.11 Å². The van der Waals surface area contributed by atoms with Gasteiger partial charge in [0.15, 0.2) is 0 Å². The molecule has 0 unspecified atom stereocenters. The molecule has 3 aromatic carbocycles. The molecule has 1 saturated heterocycles. The summed E-state index contributed by atoms with van der Waals surface area (Å²) in [5.74, 6) is 0.440. The van der Waals surface area contributed by atoms with Crippen LogP contribution in [0.1, 0.15) is 5.56 Å². The van der Waals surface area contributed by atoms with Crippen molar-refractivity contribution in [3.05, 3.63) is 90.2 Å². The number of methoxy groups -OCH3 is 1. The summed E-state index contributed by atoms with van der Waals surface area (Å²) in [6, 6.07) is 25.6. The van der Waals surface area contributed by atoms with E-state index in [0.29, 0.717) is 5.88 Å². The number of hydrogen-bond donors (Lipinski definition) is 0. The molecule has 1 aliphatic heterocycles. The lowest BCUT2D eigenvalue weighted by Crippen LogP contribution is -2.46. The summed E-state index contributed by atoms with van der Waals surface area (Å²) in [4.78, 5) is 9.60. The maximum atomic E-state index is 13.2. The summed E-state index contributed by atoms with van der Waals surface area (Å²) in [6.07, 6.45) is 0. The maximum absolute atomic E-state index is 13.2. The summed E-state index contributed by atoms with van der Waals surface area (Å²) in [5, 5.41) is 1.13. The van der Waals surface area contributed by atoms with Gasteiger partial charge < -0.3 is 9.64 Å². The summed E-state index contributed by atoms with van der Waals surface area (Å²) in [5.41, 5.74) is 5.60. The molecule has 0 aliphatic carbocycles. The van der Waals surface area contributed by atoms with Crippen molar-refractivity contribution in [3.63, 3.8) is 0 Å². The van der Waals surface area contributed by atoms with E-state index in [1.165, 1.54) is 23.4 Å². The lowest BCUT2D eigenvalue weighted by Gasteiger charge is -2.36. The molecule has 0 amide bonds. The van der Waals surface area contributed by atoms with E-state index >= 15 is 0 Å². The van der Waals surface area contributed by atoms with Crippen LogP contribution in [0.15, 0.2) is 78.9 Å². The second-order valence-electron chi connectivity index (χ2n) is 8.17. The van der Waals surface area contributed by atoms with Gasteiger partial charge in [-0.25, -0.2) is 9.37 Å². The molecule has 4 nitrogen and oxygen atoms in total. The number of pyridine rings is 1. The first-order chi connectivity index (χ1) is 15.7. The van der Waals surface area contributed by atoms with Gasteiger partial charge in [-0.1, -0.05) is 48.5 Å². The minimum absolute atomic E-state index is 0.206. The summed E-state index contributed by atoms with van der Waals surface area (Å²) < 4.78 is 18.5. The van der Waals surface area contributed by atoms with E-state index in [1.807, 2.05) is 18.2 Å². The van der Waals surface area contributed by atoms with Crippen LogP contribution in [-0.2, 0) is 6.54 Å². The summed E-state index contributed by atoms with van der Waals surface area (Å²) in [7, 11) is 1.65. The standard InChI is InChI=1S/C27H26FN3O/c1-32-26-14-11-23-3-2-4-25(27(23)29-26)31-17-15-30(16-18-31)19-20-5-7-21(8-6-20)22-9-12-24(28)13-10-22/h2-14H,15-19H2,1H3. The van der Waals surface area contributed by atoms with Crippen molar-refractivity contribution in [1.29, 1.82) is 0 Å². The number of para-hydroxylation sites is 1. The number of piperazine rings is 1. The van der Waals surface area contributed by atoms with Crippen molar-refractivity contribution in [2.45, 2.75) is 6.54 Å². The van der Waals surface area contributed by atoms with E-state index in [-0.39, 0.29) is 5.82 Å². The first-order valence-electron chi connectivity index (χ1n) is 11.0. The van der Waals surface area contributed by atoms with Gasteiger partial charge in [-0.3, -0.25) is 4.90 Å². The molecule has 1 aromatic heterocycles. The van der Waals surface area contributed by atoms with Crippen LogP contribution in [0.5, 0.6) is 5.88 Å². The molecule has 1 fully saturated rings. The highest BCUT2D eigenvalue weighted by atomic mass is 19.1.